The second kappa shape index (κ2) is 5.34. The van der Waals surface area contributed by atoms with E-state index in [-0.39, 0.29) is 11.0 Å². The summed E-state index contributed by atoms with van der Waals surface area (Å²) in [6, 6.07) is 1.29. The second-order valence-corrected chi connectivity index (χ2v) is 3.40. The fourth-order valence-corrected chi connectivity index (χ4v) is 1.14. The molecule has 0 atom stereocenters. The smallest absolute Gasteiger partial charge is 0.392 e. The lowest BCUT2D eigenvalue weighted by atomic mass is 10.4. The van der Waals surface area contributed by atoms with Crippen molar-refractivity contribution in [1.29, 1.82) is 0 Å². The summed E-state index contributed by atoms with van der Waals surface area (Å²) in [5.41, 5.74) is 0. The number of aromatic nitrogens is 2. The van der Waals surface area contributed by atoms with Gasteiger partial charge in [-0.1, -0.05) is 18.5 Å². The van der Waals surface area contributed by atoms with Crippen molar-refractivity contribution < 1.29 is 17.9 Å². The molecule has 0 aliphatic heterocycles. The van der Waals surface area contributed by atoms with Crippen LogP contribution in [0.2, 0.25) is 5.15 Å². The molecule has 7 heteroatoms. The monoisotopic (exact) mass is 254 g/mol. The lowest BCUT2D eigenvalue weighted by Crippen LogP contribution is -2.13. The highest BCUT2D eigenvalue weighted by Gasteiger charge is 2.26. The minimum absolute atomic E-state index is 0.0705. The Morgan fingerprint density at radius 2 is 2.06 bits per heavy atom. The molecule has 0 aromatic carbocycles. The Morgan fingerprint density at radius 1 is 1.38 bits per heavy atom. The van der Waals surface area contributed by atoms with Crippen LogP contribution in [0.3, 0.4) is 0 Å². The maximum atomic E-state index is 11.8. The Morgan fingerprint density at radius 3 is 2.62 bits per heavy atom. The number of aryl methyl sites for hydroxylation is 1. The quantitative estimate of drug-likeness (QED) is 0.775. The van der Waals surface area contributed by atoms with E-state index >= 15 is 0 Å². The standard InChI is InChI=1S/C9H10ClF3N2O/c1-2-7-14-6(10)5-8(15-7)16-4-3-9(11,12)13/h5H,2-4H2,1H3. The maximum absolute atomic E-state index is 11.8. The third-order valence-electron chi connectivity index (χ3n) is 1.67. The van der Waals surface area contributed by atoms with Crippen molar-refractivity contribution in [2.45, 2.75) is 25.9 Å². The first-order valence-electron chi connectivity index (χ1n) is 4.63. The van der Waals surface area contributed by atoms with Crippen molar-refractivity contribution in [2.75, 3.05) is 6.61 Å². The van der Waals surface area contributed by atoms with Crippen LogP contribution in [0, 0.1) is 0 Å². The van der Waals surface area contributed by atoms with Gasteiger partial charge in [0.1, 0.15) is 11.0 Å². The first-order chi connectivity index (χ1) is 7.40. The predicted octanol–water partition coefficient (Wildman–Crippen LogP) is 3.02. The number of rotatable bonds is 4. The van der Waals surface area contributed by atoms with E-state index in [1.54, 1.807) is 0 Å². The lowest BCUT2D eigenvalue weighted by Gasteiger charge is -2.08. The van der Waals surface area contributed by atoms with Gasteiger partial charge in [0.25, 0.3) is 0 Å². The zero-order valence-corrected chi connectivity index (χ0v) is 9.27. The summed E-state index contributed by atoms with van der Waals surface area (Å²) in [6.45, 7) is 1.34. The van der Waals surface area contributed by atoms with E-state index in [4.69, 9.17) is 16.3 Å². The molecule has 1 rings (SSSR count). The van der Waals surface area contributed by atoms with Gasteiger partial charge in [0, 0.05) is 12.5 Å². The molecule has 0 spiro atoms. The molecule has 0 aliphatic carbocycles. The highest BCUT2D eigenvalue weighted by atomic mass is 35.5. The summed E-state index contributed by atoms with van der Waals surface area (Å²) >= 11 is 5.64. The first-order valence-corrected chi connectivity index (χ1v) is 5.01. The van der Waals surface area contributed by atoms with Gasteiger partial charge in [-0.15, -0.1) is 0 Å². The summed E-state index contributed by atoms with van der Waals surface area (Å²) in [4.78, 5) is 7.75. The Hall–Kier alpha value is -1.04. The summed E-state index contributed by atoms with van der Waals surface area (Å²) in [7, 11) is 0. The summed E-state index contributed by atoms with van der Waals surface area (Å²) < 4.78 is 40.4. The molecule has 90 valence electrons. The fourth-order valence-electron chi connectivity index (χ4n) is 0.945. The van der Waals surface area contributed by atoms with Crippen molar-refractivity contribution in [3.8, 4) is 5.88 Å². The number of nitrogens with zero attached hydrogens (tertiary/aromatic N) is 2. The van der Waals surface area contributed by atoms with Gasteiger partial charge in [0.15, 0.2) is 0 Å². The summed E-state index contributed by atoms with van der Waals surface area (Å²) in [5.74, 6) is 0.510. The molecule has 0 saturated heterocycles. The van der Waals surface area contributed by atoms with E-state index in [0.717, 1.165) is 0 Å². The molecule has 0 bridgehead atoms. The molecule has 0 fully saturated rings. The average molecular weight is 255 g/mol. The SMILES string of the molecule is CCc1nc(Cl)cc(OCCC(F)(F)F)n1. The number of ether oxygens (including phenoxy) is 1. The molecule has 16 heavy (non-hydrogen) atoms. The number of alkyl halides is 3. The van der Waals surface area contributed by atoms with Crippen molar-refractivity contribution >= 4 is 11.6 Å². The fraction of sp³-hybridized carbons (Fsp3) is 0.556. The summed E-state index contributed by atoms with van der Waals surface area (Å²) in [5, 5.41) is 0.161. The average Bonchev–Trinajstić information content (AvgIpc) is 2.14. The molecule has 1 aromatic rings. The normalized spacial score (nSPS) is 11.6. The van der Waals surface area contributed by atoms with E-state index in [0.29, 0.717) is 12.2 Å². The molecular formula is C9H10ClF3N2O. The van der Waals surface area contributed by atoms with Crippen LogP contribution in [0.15, 0.2) is 6.07 Å². The van der Waals surface area contributed by atoms with Crippen LogP contribution in [0.5, 0.6) is 5.88 Å². The third-order valence-corrected chi connectivity index (χ3v) is 1.86. The summed E-state index contributed by atoms with van der Waals surface area (Å²) in [6.07, 6.45) is -4.71. The zero-order chi connectivity index (χ0) is 12.2. The third kappa shape index (κ3) is 4.65. The van der Waals surface area contributed by atoms with Gasteiger partial charge in [0.05, 0.1) is 13.0 Å². The molecule has 0 N–H and O–H groups in total. The highest BCUT2D eigenvalue weighted by Crippen LogP contribution is 2.20. The molecule has 0 aliphatic rings. The Bertz CT molecular complexity index is 357. The molecule has 0 unspecified atom stereocenters. The van der Waals surface area contributed by atoms with Crippen LogP contribution in [0.1, 0.15) is 19.2 Å². The van der Waals surface area contributed by atoms with Crippen molar-refractivity contribution in [3.63, 3.8) is 0 Å². The van der Waals surface area contributed by atoms with Gasteiger partial charge >= 0.3 is 6.18 Å². The van der Waals surface area contributed by atoms with Crippen LogP contribution < -0.4 is 4.74 Å². The minimum atomic E-state index is -4.23. The van der Waals surface area contributed by atoms with Gasteiger partial charge in [-0.05, 0) is 0 Å². The topological polar surface area (TPSA) is 35.0 Å². The minimum Gasteiger partial charge on any atom is -0.477 e. The van der Waals surface area contributed by atoms with E-state index in [1.807, 2.05) is 6.92 Å². The number of halogens is 4. The molecule has 1 aromatic heterocycles. The Balaban J connectivity index is 2.57. The van der Waals surface area contributed by atoms with Gasteiger partial charge in [-0.25, -0.2) is 4.98 Å². The van der Waals surface area contributed by atoms with Crippen LogP contribution in [0.4, 0.5) is 13.2 Å². The van der Waals surface area contributed by atoms with E-state index in [1.165, 1.54) is 6.07 Å². The number of hydrogen-bond acceptors (Lipinski definition) is 3. The van der Waals surface area contributed by atoms with Gasteiger partial charge in [0.2, 0.25) is 5.88 Å². The Kier molecular flexibility index (Phi) is 4.35. The second-order valence-electron chi connectivity index (χ2n) is 3.01. The largest absolute Gasteiger partial charge is 0.477 e. The van der Waals surface area contributed by atoms with Gasteiger partial charge < -0.3 is 4.74 Å². The van der Waals surface area contributed by atoms with E-state index in [9.17, 15) is 13.2 Å². The number of hydrogen-bond donors (Lipinski definition) is 0. The van der Waals surface area contributed by atoms with Crippen LogP contribution >= 0.6 is 11.6 Å². The first kappa shape index (κ1) is 13.0. The molecule has 0 amide bonds. The Labute approximate surface area is 95.6 Å². The van der Waals surface area contributed by atoms with Gasteiger partial charge in [-0.3, -0.25) is 0 Å². The van der Waals surface area contributed by atoms with Crippen LogP contribution in [-0.4, -0.2) is 22.8 Å². The molecule has 0 radical (unpaired) electrons. The van der Waals surface area contributed by atoms with Crippen molar-refractivity contribution in [2.24, 2.45) is 0 Å². The van der Waals surface area contributed by atoms with Crippen LogP contribution in [0.25, 0.3) is 0 Å². The van der Waals surface area contributed by atoms with Crippen molar-refractivity contribution in [1.82, 2.24) is 9.97 Å². The predicted molar refractivity (Wildman–Crippen MR) is 52.6 cm³/mol. The maximum Gasteiger partial charge on any atom is 0.392 e. The molecule has 0 saturated carbocycles. The molecular weight excluding hydrogens is 245 g/mol. The van der Waals surface area contributed by atoms with Crippen LogP contribution in [-0.2, 0) is 6.42 Å². The lowest BCUT2D eigenvalue weighted by molar-refractivity contribution is -0.139. The molecule has 3 nitrogen and oxygen atoms in total. The highest BCUT2D eigenvalue weighted by molar-refractivity contribution is 6.29. The zero-order valence-electron chi connectivity index (χ0n) is 8.51. The van der Waals surface area contributed by atoms with E-state index < -0.39 is 19.2 Å². The van der Waals surface area contributed by atoms with Gasteiger partial charge in [-0.2, -0.15) is 18.2 Å². The van der Waals surface area contributed by atoms with Crippen molar-refractivity contribution in [3.05, 3.63) is 17.0 Å². The molecule has 1 heterocycles. The van der Waals surface area contributed by atoms with E-state index in [2.05, 4.69) is 9.97 Å².